The van der Waals surface area contributed by atoms with Crippen LogP contribution in [0.25, 0.3) is 16.8 Å². The minimum Gasteiger partial charge on any atom is -0.456 e. The maximum absolute atomic E-state index is 12.3. The van der Waals surface area contributed by atoms with Crippen molar-refractivity contribution < 1.29 is 14.4 Å². The van der Waals surface area contributed by atoms with Gasteiger partial charge in [0.25, 0.3) is 0 Å². The van der Waals surface area contributed by atoms with Crippen molar-refractivity contribution in [3.05, 3.63) is 76.2 Å². The normalized spacial score (nSPS) is 11.3. The van der Waals surface area contributed by atoms with E-state index in [0.717, 1.165) is 43.0 Å². The zero-order chi connectivity index (χ0) is 24.3. The number of nitrogens with zero attached hydrogens (tertiary/aromatic N) is 2. The molecule has 0 saturated heterocycles. The predicted octanol–water partition coefficient (Wildman–Crippen LogP) is 4.43. The third-order valence-corrected chi connectivity index (χ3v) is 6.58. The van der Waals surface area contributed by atoms with Crippen LogP contribution in [0.15, 0.2) is 60.1 Å². The van der Waals surface area contributed by atoms with E-state index in [4.69, 9.17) is 4.74 Å². The molecule has 3 rings (SSSR count). The van der Waals surface area contributed by atoms with E-state index < -0.39 is 0 Å². The summed E-state index contributed by atoms with van der Waals surface area (Å²) < 4.78 is 5.39. The van der Waals surface area contributed by atoms with Gasteiger partial charge in [0.15, 0.2) is 0 Å². The van der Waals surface area contributed by atoms with E-state index in [0.29, 0.717) is 22.8 Å². The van der Waals surface area contributed by atoms with Crippen LogP contribution < -0.4 is 10.2 Å². The summed E-state index contributed by atoms with van der Waals surface area (Å²) in [6.45, 7) is 9.61. The van der Waals surface area contributed by atoms with Crippen LogP contribution in [0, 0.1) is 11.3 Å². The number of allylic oxidation sites excluding steroid dienone is 1. The summed E-state index contributed by atoms with van der Waals surface area (Å²) in [5, 5.41) is 15.4. The molecular formula is C27H31N4O2S+. The number of carbonyl (C=O) groups excluding carboxylic acids is 1. The molecule has 0 fully saturated rings. The average molecular weight is 476 g/mol. The number of esters is 1. The first kappa shape index (κ1) is 25.2. The van der Waals surface area contributed by atoms with Crippen molar-refractivity contribution in [2.24, 2.45) is 0 Å². The summed E-state index contributed by atoms with van der Waals surface area (Å²) >= 11 is 1.44. The molecule has 1 heterocycles. The molecule has 7 heteroatoms. The van der Waals surface area contributed by atoms with Gasteiger partial charge in [-0.25, -0.2) is 9.78 Å². The van der Waals surface area contributed by atoms with Gasteiger partial charge in [0.05, 0.1) is 24.3 Å². The van der Waals surface area contributed by atoms with Gasteiger partial charge in [0, 0.05) is 22.8 Å². The van der Waals surface area contributed by atoms with Gasteiger partial charge in [-0.05, 0) is 50.1 Å². The number of hydrogen-bond acceptors (Lipinski definition) is 6. The Morgan fingerprint density at radius 2 is 1.82 bits per heavy atom. The highest BCUT2D eigenvalue weighted by Crippen LogP contribution is 2.26. The fourth-order valence-corrected chi connectivity index (χ4v) is 4.21. The number of nitrogens with one attached hydrogen (secondary N) is 2. The molecule has 0 radical (unpaired) electrons. The van der Waals surface area contributed by atoms with Crippen molar-refractivity contribution in [1.29, 1.82) is 5.26 Å². The minimum atomic E-state index is -0.325. The number of ether oxygens (including phenoxy) is 1. The maximum Gasteiger partial charge on any atom is 0.338 e. The van der Waals surface area contributed by atoms with Crippen LogP contribution >= 0.6 is 11.3 Å². The number of hydrogen-bond donors (Lipinski definition) is 2. The Bertz CT molecular complexity index is 1140. The van der Waals surface area contributed by atoms with Crippen LogP contribution in [0.3, 0.4) is 0 Å². The molecule has 0 saturated carbocycles. The first-order valence-electron chi connectivity index (χ1n) is 11.6. The summed E-state index contributed by atoms with van der Waals surface area (Å²) in [5.74, 6) is -0.325. The number of nitriles is 1. The lowest BCUT2D eigenvalue weighted by Crippen LogP contribution is -3.11. The molecule has 2 aromatic carbocycles. The van der Waals surface area contributed by atoms with Crippen molar-refractivity contribution in [2.45, 2.75) is 27.2 Å². The average Bonchev–Trinajstić information content (AvgIpc) is 3.37. The number of thiazole rings is 1. The summed E-state index contributed by atoms with van der Waals surface area (Å²) in [7, 11) is 0. The highest BCUT2D eigenvalue weighted by Gasteiger charge is 2.11. The molecule has 0 amide bonds. The first-order valence-corrected chi connectivity index (χ1v) is 12.5. The third kappa shape index (κ3) is 6.77. The van der Waals surface area contributed by atoms with Crippen LogP contribution in [0.4, 0.5) is 5.69 Å². The van der Waals surface area contributed by atoms with E-state index >= 15 is 0 Å². The van der Waals surface area contributed by atoms with Gasteiger partial charge in [0.2, 0.25) is 0 Å². The summed E-state index contributed by atoms with van der Waals surface area (Å²) in [5.41, 5.74) is 4.89. The molecule has 0 aliphatic carbocycles. The Balaban J connectivity index is 1.60. The summed E-state index contributed by atoms with van der Waals surface area (Å²) in [4.78, 5) is 18.3. The lowest BCUT2D eigenvalue weighted by molar-refractivity contribution is -0.896. The molecular weight excluding hydrogens is 444 g/mol. The number of aromatic nitrogens is 1. The van der Waals surface area contributed by atoms with E-state index in [1.165, 1.54) is 21.8 Å². The zero-order valence-corrected chi connectivity index (χ0v) is 20.7. The van der Waals surface area contributed by atoms with Crippen LogP contribution in [-0.4, -0.2) is 37.2 Å². The van der Waals surface area contributed by atoms with Crippen molar-refractivity contribution in [3.63, 3.8) is 0 Å². The van der Waals surface area contributed by atoms with Gasteiger partial charge in [-0.1, -0.05) is 31.2 Å². The van der Waals surface area contributed by atoms with Crippen molar-refractivity contribution in [1.82, 2.24) is 4.98 Å². The lowest BCUT2D eigenvalue weighted by atomic mass is 10.1. The molecule has 34 heavy (non-hydrogen) atoms. The smallest absolute Gasteiger partial charge is 0.338 e. The molecule has 1 aromatic heterocycles. The highest BCUT2D eigenvalue weighted by atomic mass is 32.1. The fourth-order valence-electron chi connectivity index (χ4n) is 3.42. The van der Waals surface area contributed by atoms with Gasteiger partial charge >= 0.3 is 5.97 Å². The number of anilines is 1. The zero-order valence-electron chi connectivity index (χ0n) is 19.9. The topological polar surface area (TPSA) is 79.5 Å². The Kier molecular flexibility index (Phi) is 9.39. The van der Waals surface area contributed by atoms with Crippen LogP contribution in [0.5, 0.6) is 0 Å². The Hall–Kier alpha value is -3.47. The number of quaternary nitrogens is 1. The molecule has 0 spiro atoms. The van der Waals surface area contributed by atoms with Gasteiger partial charge in [-0.15, -0.1) is 11.3 Å². The number of benzene rings is 2. The summed E-state index contributed by atoms with van der Waals surface area (Å²) in [6.07, 6.45) is 2.64. The van der Waals surface area contributed by atoms with E-state index in [1.54, 1.807) is 30.5 Å². The van der Waals surface area contributed by atoms with Crippen LogP contribution in [0.2, 0.25) is 0 Å². The van der Waals surface area contributed by atoms with Crippen LogP contribution in [0.1, 0.15) is 41.7 Å². The first-order chi connectivity index (χ1) is 16.6. The lowest BCUT2D eigenvalue weighted by Gasteiger charge is -2.15. The number of likely N-dealkylation sites (N-methyl/N-ethyl adjacent to an activating group) is 1. The second-order valence-electron chi connectivity index (χ2n) is 7.82. The Morgan fingerprint density at radius 3 is 2.44 bits per heavy atom. The molecule has 176 valence electrons. The molecule has 6 nitrogen and oxygen atoms in total. The van der Waals surface area contributed by atoms with Gasteiger partial charge in [-0.3, -0.25) is 0 Å². The third-order valence-electron chi connectivity index (χ3n) is 5.71. The van der Waals surface area contributed by atoms with Crippen molar-refractivity contribution in [2.75, 3.05) is 31.6 Å². The maximum atomic E-state index is 12.3. The molecule has 0 unspecified atom stereocenters. The number of aryl methyl sites for hydroxylation is 1. The van der Waals surface area contributed by atoms with E-state index in [2.05, 4.69) is 61.4 Å². The van der Waals surface area contributed by atoms with Gasteiger partial charge < -0.3 is 15.0 Å². The SMILES string of the molecule is CCc1ccc(-c2csc(/C(C#N)=C/Nc3ccc(C(=O)OCC[NH+](CC)CC)cc3)n2)cc1. The van der Waals surface area contributed by atoms with Crippen molar-refractivity contribution in [3.8, 4) is 17.3 Å². The largest absolute Gasteiger partial charge is 0.456 e. The number of rotatable bonds is 11. The quantitative estimate of drug-likeness (QED) is 0.317. The monoisotopic (exact) mass is 475 g/mol. The fraction of sp³-hybridized carbons (Fsp3) is 0.296. The van der Waals surface area contributed by atoms with E-state index in [1.807, 2.05) is 5.38 Å². The van der Waals surface area contributed by atoms with Gasteiger partial charge in [0.1, 0.15) is 29.8 Å². The second kappa shape index (κ2) is 12.7. The summed E-state index contributed by atoms with van der Waals surface area (Å²) in [6, 6.07) is 17.6. The molecule has 0 atom stereocenters. The highest BCUT2D eigenvalue weighted by molar-refractivity contribution is 7.11. The minimum absolute atomic E-state index is 0.325. The standard InChI is InChI=1S/C27H30N4O2S/c1-4-20-7-9-21(10-8-20)25-19-34-26(30-25)23(17-28)18-29-24-13-11-22(12-14-24)27(32)33-16-15-31(5-2)6-3/h7-14,18-19,29H,4-6,15-16H2,1-3H3/p+1/b23-18+. The molecule has 0 aliphatic rings. The molecule has 2 N–H and O–H groups in total. The van der Waals surface area contributed by atoms with E-state index in [-0.39, 0.29) is 5.97 Å². The van der Waals surface area contributed by atoms with Gasteiger partial charge in [-0.2, -0.15) is 5.26 Å². The molecule has 0 bridgehead atoms. The molecule has 3 aromatic rings. The predicted molar refractivity (Wildman–Crippen MR) is 138 cm³/mol. The van der Waals surface area contributed by atoms with E-state index in [9.17, 15) is 10.1 Å². The second-order valence-corrected chi connectivity index (χ2v) is 8.68. The van der Waals surface area contributed by atoms with Crippen molar-refractivity contribution >= 4 is 28.6 Å². The van der Waals surface area contributed by atoms with Crippen LogP contribution in [-0.2, 0) is 11.2 Å². The number of carbonyl (C=O) groups is 1. The Morgan fingerprint density at radius 1 is 1.12 bits per heavy atom. The Labute approximate surface area is 205 Å². The molecule has 0 aliphatic heterocycles.